The molecule has 0 heterocycles. The van der Waals surface area contributed by atoms with Gasteiger partial charge in [0.15, 0.2) is 0 Å². The zero-order valence-corrected chi connectivity index (χ0v) is 12.1. The number of amides is 1. The molecule has 0 atom stereocenters. The molecule has 0 bridgehead atoms. The van der Waals surface area contributed by atoms with Crippen LogP contribution in [0, 0.1) is 0 Å². The lowest BCUT2D eigenvalue weighted by atomic mass is 10.2. The van der Waals surface area contributed by atoms with Crippen molar-refractivity contribution >= 4 is 23.7 Å². The van der Waals surface area contributed by atoms with Crippen molar-refractivity contribution in [2.45, 2.75) is 6.42 Å². The van der Waals surface area contributed by atoms with Crippen LogP contribution in [0.5, 0.6) is 0 Å². The van der Waals surface area contributed by atoms with Gasteiger partial charge in [-0.1, -0.05) is 42.5 Å². The van der Waals surface area contributed by atoms with Crippen molar-refractivity contribution < 1.29 is 9.90 Å². The largest absolute Gasteiger partial charge is 0.395 e. The Morgan fingerprint density at radius 1 is 1.37 bits per heavy atom. The minimum absolute atomic E-state index is 0.00415. The molecule has 0 saturated heterocycles. The number of carbonyl (C=O) groups is 1. The van der Waals surface area contributed by atoms with E-state index in [1.807, 2.05) is 48.7 Å². The van der Waals surface area contributed by atoms with Crippen LogP contribution in [0.2, 0.25) is 0 Å². The molecule has 0 aliphatic heterocycles. The molecule has 0 saturated carbocycles. The molecule has 1 rings (SSSR count). The molecule has 0 aliphatic rings. The van der Waals surface area contributed by atoms with E-state index >= 15 is 0 Å². The number of benzene rings is 1. The van der Waals surface area contributed by atoms with Gasteiger partial charge in [0.05, 0.1) is 6.61 Å². The second kappa shape index (κ2) is 9.64. The van der Waals surface area contributed by atoms with E-state index in [1.54, 1.807) is 16.7 Å². The smallest absolute Gasteiger partial charge is 0.223 e. The van der Waals surface area contributed by atoms with Crippen molar-refractivity contribution in [3.05, 3.63) is 42.0 Å². The number of aliphatic hydroxyl groups is 1. The van der Waals surface area contributed by atoms with Crippen molar-refractivity contribution in [1.82, 2.24) is 4.90 Å². The maximum Gasteiger partial charge on any atom is 0.223 e. The van der Waals surface area contributed by atoms with Gasteiger partial charge in [0, 0.05) is 25.3 Å². The third-order valence-electron chi connectivity index (χ3n) is 2.68. The Bertz CT molecular complexity index is 392. The van der Waals surface area contributed by atoms with Gasteiger partial charge in [-0.25, -0.2) is 0 Å². The standard InChI is InChI=1S/C15H21NO2S/c1-19-13-9-15(18)16(11-12-17)10-5-8-14-6-3-2-4-7-14/h2-8,17H,9-13H2,1H3/b8-5+. The maximum absolute atomic E-state index is 11.9. The Kier molecular flexibility index (Phi) is 8.02. The summed E-state index contributed by atoms with van der Waals surface area (Å²) in [6.07, 6.45) is 6.47. The number of aliphatic hydroxyl groups excluding tert-OH is 1. The van der Waals surface area contributed by atoms with Crippen LogP contribution in [0.1, 0.15) is 12.0 Å². The van der Waals surface area contributed by atoms with Crippen LogP contribution in [0.15, 0.2) is 36.4 Å². The molecule has 0 aliphatic carbocycles. The van der Waals surface area contributed by atoms with E-state index in [-0.39, 0.29) is 12.5 Å². The minimum atomic E-state index is 0.00415. The normalized spacial score (nSPS) is 10.8. The van der Waals surface area contributed by atoms with Crippen molar-refractivity contribution in [3.63, 3.8) is 0 Å². The molecule has 104 valence electrons. The summed E-state index contributed by atoms with van der Waals surface area (Å²) in [4.78, 5) is 13.6. The minimum Gasteiger partial charge on any atom is -0.395 e. The monoisotopic (exact) mass is 279 g/mol. The van der Waals surface area contributed by atoms with Gasteiger partial charge in [0.1, 0.15) is 0 Å². The van der Waals surface area contributed by atoms with E-state index < -0.39 is 0 Å². The van der Waals surface area contributed by atoms with Gasteiger partial charge in [-0.05, 0) is 11.8 Å². The predicted octanol–water partition coefficient (Wildman–Crippen LogP) is 2.27. The highest BCUT2D eigenvalue weighted by molar-refractivity contribution is 7.98. The van der Waals surface area contributed by atoms with Crippen molar-refractivity contribution in [1.29, 1.82) is 0 Å². The number of hydrogen-bond donors (Lipinski definition) is 1. The summed E-state index contributed by atoms with van der Waals surface area (Å²) in [7, 11) is 0. The lowest BCUT2D eigenvalue weighted by Crippen LogP contribution is -2.33. The number of thioether (sulfide) groups is 1. The molecule has 0 radical (unpaired) electrons. The first-order chi connectivity index (χ1) is 9.27. The van der Waals surface area contributed by atoms with Crippen LogP contribution < -0.4 is 0 Å². The Morgan fingerprint density at radius 2 is 2.11 bits per heavy atom. The van der Waals surface area contributed by atoms with Crippen LogP contribution in [-0.2, 0) is 4.79 Å². The Hall–Kier alpha value is -1.26. The fraction of sp³-hybridized carbons (Fsp3) is 0.400. The molecule has 0 aromatic heterocycles. The molecule has 1 amide bonds. The van der Waals surface area contributed by atoms with Gasteiger partial charge in [-0.2, -0.15) is 11.8 Å². The molecule has 3 nitrogen and oxygen atoms in total. The van der Waals surface area contributed by atoms with E-state index in [0.717, 1.165) is 11.3 Å². The Balaban J connectivity index is 2.49. The SMILES string of the molecule is CSCCC(=O)N(C/C=C/c1ccccc1)CCO. The van der Waals surface area contributed by atoms with E-state index in [2.05, 4.69) is 0 Å². The maximum atomic E-state index is 11.9. The number of nitrogens with zero attached hydrogens (tertiary/aromatic N) is 1. The molecule has 0 spiro atoms. The Labute approximate surface area is 119 Å². The average Bonchev–Trinajstić information content (AvgIpc) is 2.45. The second-order valence-corrected chi connectivity index (χ2v) is 5.10. The number of hydrogen-bond acceptors (Lipinski definition) is 3. The summed E-state index contributed by atoms with van der Waals surface area (Å²) >= 11 is 1.66. The van der Waals surface area contributed by atoms with E-state index in [1.165, 1.54) is 0 Å². The Morgan fingerprint density at radius 3 is 2.74 bits per heavy atom. The third-order valence-corrected chi connectivity index (χ3v) is 3.29. The average molecular weight is 279 g/mol. The van der Waals surface area contributed by atoms with Crippen LogP contribution in [0.4, 0.5) is 0 Å². The van der Waals surface area contributed by atoms with Crippen molar-refractivity contribution in [2.75, 3.05) is 31.7 Å². The molecule has 4 heteroatoms. The summed E-state index contributed by atoms with van der Waals surface area (Å²) in [5.41, 5.74) is 1.11. The van der Waals surface area contributed by atoms with Gasteiger partial charge >= 0.3 is 0 Å². The molecule has 0 fully saturated rings. The first kappa shape index (κ1) is 15.8. The fourth-order valence-electron chi connectivity index (χ4n) is 1.67. The van der Waals surface area contributed by atoms with E-state index in [9.17, 15) is 4.79 Å². The van der Waals surface area contributed by atoms with Crippen molar-refractivity contribution in [2.24, 2.45) is 0 Å². The van der Waals surface area contributed by atoms with Crippen LogP contribution in [0.25, 0.3) is 6.08 Å². The van der Waals surface area contributed by atoms with Crippen LogP contribution in [0.3, 0.4) is 0 Å². The molecule has 1 aromatic rings. The highest BCUT2D eigenvalue weighted by Gasteiger charge is 2.10. The van der Waals surface area contributed by atoms with Crippen LogP contribution in [-0.4, -0.2) is 47.6 Å². The van der Waals surface area contributed by atoms with Gasteiger partial charge in [0.2, 0.25) is 5.91 Å². The molecule has 1 aromatic carbocycles. The van der Waals surface area contributed by atoms with E-state index in [0.29, 0.717) is 19.5 Å². The second-order valence-electron chi connectivity index (χ2n) is 4.12. The zero-order chi connectivity index (χ0) is 13.9. The highest BCUT2D eigenvalue weighted by atomic mass is 32.2. The summed E-state index contributed by atoms with van der Waals surface area (Å²) in [6, 6.07) is 9.97. The summed E-state index contributed by atoms with van der Waals surface area (Å²) in [5, 5.41) is 9.00. The number of carbonyl (C=O) groups excluding carboxylic acids is 1. The zero-order valence-electron chi connectivity index (χ0n) is 11.3. The number of rotatable bonds is 8. The van der Waals surface area contributed by atoms with Crippen LogP contribution >= 0.6 is 11.8 Å². The summed E-state index contributed by atoms with van der Waals surface area (Å²) in [6.45, 7) is 0.944. The summed E-state index contributed by atoms with van der Waals surface area (Å²) in [5.74, 6) is 0.921. The lowest BCUT2D eigenvalue weighted by molar-refractivity contribution is -0.130. The third kappa shape index (κ3) is 6.45. The molecular weight excluding hydrogens is 258 g/mol. The first-order valence-electron chi connectivity index (χ1n) is 6.37. The van der Waals surface area contributed by atoms with Crippen molar-refractivity contribution in [3.8, 4) is 0 Å². The molecular formula is C15H21NO2S. The van der Waals surface area contributed by atoms with Gasteiger partial charge in [0.25, 0.3) is 0 Å². The molecule has 19 heavy (non-hydrogen) atoms. The molecule has 1 N–H and O–H groups in total. The van der Waals surface area contributed by atoms with Gasteiger partial charge in [-0.3, -0.25) is 4.79 Å². The highest BCUT2D eigenvalue weighted by Crippen LogP contribution is 2.04. The fourth-order valence-corrected chi connectivity index (χ4v) is 2.04. The van der Waals surface area contributed by atoms with Gasteiger partial charge < -0.3 is 10.0 Å². The quantitative estimate of drug-likeness (QED) is 0.793. The summed E-state index contributed by atoms with van der Waals surface area (Å²) < 4.78 is 0. The first-order valence-corrected chi connectivity index (χ1v) is 7.76. The topological polar surface area (TPSA) is 40.5 Å². The lowest BCUT2D eigenvalue weighted by Gasteiger charge is -2.19. The van der Waals surface area contributed by atoms with E-state index in [4.69, 9.17) is 5.11 Å². The predicted molar refractivity (Wildman–Crippen MR) is 82.1 cm³/mol. The van der Waals surface area contributed by atoms with Gasteiger partial charge in [-0.15, -0.1) is 0 Å². The molecule has 0 unspecified atom stereocenters.